The Kier molecular flexibility index (Phi) is 5.42. The third kappa shape index (κ3) is 4.45. The van der Waals surface area contributed by atoms with E-state index in [2.05, 4.69) is 10.3 Å². The van der Waals surface area contributed by atoms with Gasteiger partial charge < -0.3 is 26.9 Å². The van der Waals surface area contributed by atoms with E-state index in [0.29, 0.717) is 0 Å². The monoisotopic (exact) mass is 366 g/mol. The number of nitrogens with two attached hydrogens (primary N) is 2. The van der Waals surface area contributed by atoms with Gasteiger partial charge in [0.2, 0.25) is 11.8 Å². The summed E-state index contributed by atoms with van der Waals surface area (Å²) in [4.78, 5) is 27.4. The van der Waals surface area contributed by atoms with Crippen LogP contribution >= 0.6 is 0 Å². The van der Waals surface area contributed by atoms with Crippen molar-refractivity contribution >= 4 is 22.7 Å². The summed E-state index contributed by atoms with van der Waals surface area (Å²) in [6, 6.07) is 12.5. The highest BCUT2D eigenvalue weighted by molar-refractivity contribution is 5.90. The van der Waals surface area contributed by atoms with E-state index < -0.39 is 23.9 Å². The number of phenols is 1. The van der Waals surface area contributed by atoms with Gasteiger partial charge in [0.05, 0.1) is 6.04 Å². The van der Waals surface area contributed by atoms with Crippen LogP contribution in [-0.2, 0) is 22.4 Å². The van der Waals surface area contributed by atoms with E-state index in [-0.39, 0.29) is 18.6 Å². The lowest BCUT2D eigenvalue weighted by Gasteiger charge is -2.18. The summed E-state index contributed by atoms with van der Waals surface area (Å²) >= 11 is 0. The number of primary amides is 1. The third-order valence-electron chi connectivity index (χ3n) is 4.49. The van der Waals surface area contributed by atoms with Crippen molar-refractivity contribution in [3.05, 3.63) is 65.9 Å². The van der Waals surface area contributed by atoms with Crippen molar-refractivity contribution in [3.63, 3.8) is 0 Å². The van der Waals surface area contributed by atoms with Gasteiger partial charge in [-0.1, -0.05) is 30.3 Å². The Morgan fingerprint density at radius 3 is 2.48 bits per heavy atom. The molecule has 140 valence electrons. The molecule has 0 spiro atoms. The molecule has 3 rings (SSSR count). The molecule has 27 heavy (non-hydrogen) atoms. The summed E-state index contributed by atoms with van der Waals surface area (Å²) in [6.07, 6.45) is 2.37. The lowest BCUT2D eigenvalue weighted by atomic mass is 10.0. The van der Waals surface area contributed by atoms with Crippen molar-refractivity contribution < 1.29 is 14.7 Å². The average Bonchev–Trinajstić information content (AvgIpc) is 3.06. The molecule has 7 nitrogen and oxygen atoms in total. The Bertz CT molecular complexity index is 949. The van der Waals surface area contributed by atoms with Gasteiger partial charge in [-0.2, -0.15) is 0 Å². The summed E-state index contributed by atoms with van der Waals surface area (Å²) in [5, 5.41) is 12.9. The molecule has 0 saturated heterocycles. The highest BCUT2D eigenvalue weighted by Crippen LogP contribution is 2.19. The van der Waals surface area contributed by atoms with Crippen molar-refractivity contribution in [2.45, 2.75) is 24.9 Å². The second-order valence-corrected chi connectivity index (χ2v) is 6.50. The molecule has 0 fully saturated rings. The lowest BCUT2D eigenvalue weighted by molar-refractivity contribution is -0.128. The Morgan fingerprint density at radius 1 is 1.07 bits per heavy atom. The van der Waals surface area contributed by atoms with Crippen LogP contribution in [0.5, 0.6) is 5.75 Å². The fourth-order valence-electron chi connectivity index (χ4n) is 3.00. The van der Waals surface area contributed by atoms with Crippen molar-refractivity contribution in [2.75, 3.05) is 0 Å². The van der Waals surface area contributed by atoms with E-state index >= 15 is 0 Å². The molecule has 1 aromatic heterocycles. The quantitative estimate of drug-likeness (QED) is 0.426. The number of aromatic hydroxyl groups is 1. The van der Waals surface area contributed by atoms with Gasteiger partial charge in [-0.05, 0) is 35.7 Å². The number of rotatable bonds is 7. The maximum absolute atomic E-state index is 12.4. The summed E-state index contributed by atoms with van der Waals surface area (Å²) in [7, 11) is 0. The number of carbonyl (C=O) groups excluding carboxylic acids is 2. The van der Waals surface area contributed by atoms with Gasteiger partial charge in [-0.15, -0.1) is 0 Å². The third-order valence-corrected chi connectivity index (χ3v) is 4.49. The lowest BCUT2D eigenvalue weighted by Crippen LogP contribution is -2.51. The first kappa shape index (κ1) is 18.5. The van der Waals surface area contributed by atoms with Crippen LogP contribution < -0.4 is 16.8 Å². The number of amides is 2. The van der Waals surface area contributed by atoms with Crippen LogP contribution in [0.1, 0.15) is 11.1 Å². The van der Waals surface area contributed by atoms with Crippen LogP contribution in [-0.4, -0.2) is 34.0 Å². The number of benzene rings is 2. The maximum Gasteiger partial charge on any atom is 0.240 e. The number of hydrogen-bond acceptors (Lipinski definition) is 4. The smallest absolute Gasteiger partial charge is 0.240 e. The predicted octanol–water partition coefficient (Wildman–Crippen LogP) is 0.956. The van der Waals surface area contributed by atoms with E-state index in [1.165, 1.54) is 12.1 Å². The minimum atomic E-state index is -0.859. The van der Waals surface area contributed by atoms with Crippen LogP contribution in [0, 0.1) is 0 Å². The molecule has 7 heteroatoms. The molecular weight excluding hydrogens is 344 g/mol. The summed E-state index contributed by atoms with van der Waals surface area (Å²) in [5.41, 5.74) is 14.1. The number of hydrogen-bond donors (Lipinski definition) is 5. The molecule has 0 aliphatic rings. The molecule has 0 aliphatic heterocycles. The van der Waals surface area contributed by atoms with E-state index in [4.69, 9.17) is 11.5 Å². The topological polar surface area (TPSA) is 134 Å². The zero-order chi connectivity index (χ0) is 19.4. The largest absolute Gasteiger partial charge is 0.508 e. The standard InChI is InChI=1S/C20H22N4O3/c21-16(9-12-5-7-14(25)8-6-12)20(27)24-18(19(22)26)10-13-11-23-17-4-2-1-3-15(13)17/h1-8,11,16,18,23,25H,9-10,21H2,(H2,22,26)(H,24,27)/t16-,18-/m0/s1. The Labute approximate surface area is 156 Å². The number of aromatic nitrogens is 1. The first-order valence-electron chi connectivity index (χ1n) is 8.62. The highest BCUT2D eigenvalue weighted by atomic mass is 16.3. The van der Waals surface area contributed by atoms with Crippen LogP contribution in [0.2, 0.25) is 0 Å². The fraction of sp³-hybridized carbons (Fsp3) is 0.200. The Hall–Kier alpha value is -3.32. The molecule has 0 saturated carbocycles. The van der Waals surface area contributed by atoms with Crippen molar-refractivity contribution in [2.24, 2.45) is 11.5 Å². The zero-order valence-corrected chi connectivity index (χ0v) is 14.7. The highest BCUT2D eigenvalue weighted by Gasteiger charge is 2.23. The van der Waals surface area contributed by atoms with Gasteiger partial charge in [0.25, 0.3) is 0 Å². The number of phenolic OH excluding ortho intramolecular Hbond substituents is 1. The first-order valence-corrected chi connectivity index (χ1v) is 8.62. The number of aromatic amines is 1. The molecule has 7 N–H and O–H groups in total. The second-order valence-electron chi connectivity index (χ2n) is 6.50. The maximum atomic E-state index is 12.4. The van der Waals surface area contributed by atoms with E-state index in [0.717, 1.165) is 22.0 Å². The van der Waals surface area contributed by atoms with E-state index in [1.807, 2.05) is 30.5 Å². The minimum Gasteiger partial charge on any atom is -0.508 e. The number of fused-ring (bicyclic) bond motifs is 1. The SMILES string of the molecule is NC(=O)[C@H](Cc1c[nH]c2ccccc12)NC(=O)[C@@H](N)Cc1ccc(O)cc1. The van der Waals surface area contributed by atoms with Crippen LogP contribution in [0.25, 0.3) is 10.9 Å². The number of para-hydroxylation sites is 1. The molecule has 3 aromatic rings. The van der Waals surface area contributed by atoms with Gasteiger partial charge in [0, 0.05) is 23.5 Å². The summed E-state index contributed by atoms with van der Waals surface area (Å²) < 4.78 is 0. The molecule has 2 atom stereocenters. The predicted molar refractivity (Wildman–Crippen MR) is 103 cm³/mol. The van der Waals surface area contributed by atoms with Crippen molar-refractivity contribution in [1.29, 1.82) is 0 Å². The Balaban J connectivity index is 1.67. The van der Waals surface area contributed by atoms with E-state index in [9.17, 15) is 14.7 Å². The molecule has 1 heterocycles. The molecule has 0 aliphatic carbocycles. The summed E-state index contributed by atoms with van der Waals surface area (Å²) in [6.45, 7) is 0. The number of H-pyrrole nitrogens is 1. The van der Waals surface area contributed by atoms with Crippen LogP contribution in [0.4, 0.5) is 0 Å². The fourth-order valence-corrected chi connectivity index (χ4v) is 3.00. The average molecular weight is 366 g/mol. The molecule has 0 radical (unpaired) electrons. The zero-order valence-electron chi connectivity index (χ0n) is 14.7. The first-order chi connectivity index (χ1) is 12.9. The molecular formula is C20H22N4O3. The second kappa shape index (κ2) is 7.92. The normalized spacial score (nSPS) is 13.2. The molecule has 2 amide bonds. The van der Waals surface area contributed by atoms with Crippen molar-refractivity contribution in [1.82, 2.24) is 10.3 Å². The van der Waals surface area contributed by atoms with E-state index in [1.54, 1.807) is 12.1 Å². The van der Waals surface area contributed by atoms with Crippen LogP contribution in [0.3, 0.4) is 0 Å². The van der Waals surface area contributed by atoms with Crippen LogP contribution in [0.15, 0.2) is 54.7 Å². The van der Waals surface area contributed by atoms with Gasteiger partial charge in [-0.3, -0.25) is 9.59 Å². The minimum absolute atomic E-state index is 0.143. The number of carbonyl (C=O) groups is 2. The molecule has 0 bridgehead atoms. The summed E-state index contributed by atoms with van der Waals surface area (Å²) in [5.74, 6) is -0.929. The Morgan fingerprint density at radius 2 is 1.78 bits per heavy atom. The van der Waals surface area contributed by atoms with Crippen molar-refractivity contribution in [3.8, 4) is 5.75 Å². The van der Waals surface area contributed by atoms with Gasteiger partial charge in [-0.25, -0.2) is 0 Å². The number of nitrogens with one attached hydrogen (secondary N) is 2. The van der Waals surface area contributed by atoms with Gasteiger partial charge >= 0.3 is 0 Å². The molecule has 2 aromatic carbocycles. The van der Waals surface area contributed by atoms with Gasteiger partial charge in [0.1, 0.15) is 11.8 Å². The molecule has 0 unspecified atom stereocenters. The van der Waals surface area contributed by atoms with Gasteiger partial charge in [0.15, 0.2) is 0 Å².